The quantitative estimate of drug-likeness (QED) is 0.243. The molecule has 2 aromatic heterocycles. The normalized spacial score (nSPS) is 14.8. The lowest BCUT2D eigenvalue weighted by Gasteiger charge is -2.26. The third kappa shape index (κ3) is 3.45. The Hall–Kier alpha value is -5.61. The van der Waals surface area contributed by atoms with E-state index < -0.39 is 0 Å². The minimum absolute atomic E-state index is 0.181. The van der Waals surface area contributed by atoms with E-state index >= 15 is 0 Å². The van der Waals surface area contributed by atoms with Gasteiger partial charge in [0.15, 0.2) is 0 Å². The summed E-state index contributed by atoms with van der Waals surface area (Å²) in [6.45, 7) is 0. The zero-order chi connectivity index (χ0) is 27.6. The molecule has 4 heteroatoms. The van der Waals surface area contributed by atoms with Crippen LogP contribution in [0.25, 0.3) is 49.4 Å². The minimum atomic E-state index is -0.181. The third-order valence-electron chi connectivity index (χ3n) is 8.42. The topological polar surface area (TPSA) is 42.5 Å². The van der Waals surface area contributed by atoms with Gasteiger partial charge in [-0.1, -0.05) is 97.1 Å². The van der Waals surface area contributed by atoms with Crippen LogP contribution in [0.5, 0.6) is 0 Å². The van der Waals surface area contributed by atoms with Crippen molar-refractivity contribution in [2.45, 2.75) is 6.17 Å². The predicted molar refractivity (Wildman–Crippen MR) is 173 cm³/mol. The van der Waals surface area contributed by atoms with Gasteiger partial charge in [-0.15, -0.1) is 0 Å². The Morgan fingerprint density at radius 1 is 0.571 bits per heavy atom. The molecule has 1 unspecified atom stereocenters. The van der Waals surface area contributed by atoms with Crippen molar-refractivity contribution in [2.24, 2.45) is 4.99 Å². The molecule has 4 nitrogen and oxygen atoms in total. The molecule has 0 saturated carbocycles. The first-order valence-corrected chi connectivity index (χ1v) is 14.3. The molecule has 3 heterocycles. The molecule has 8 aromatic rings. The van der Waals surface area contributed by atoms with E-state index in [1.165, 1.54) is 16.3 Å². The number of nitrogens with one attached hydrogen (secondary N) is 1. The molecule has 42 heavy (non-hydrogen) atoms. The Bertz CT molecular complexity index is 2320. The zero-order valence-electron chi connectivity index (χ0n) is 22.7. The maximum Gasteiger partial charge on any atom is 0.145 e. The van der Waals surface area contributed by atoms with Gasteiger partial charge in [-0.3, -0.25) is 4.99 Å². The van der Waals surface area contributed by atoms with Crippen molar-refractivity contribution in [1.82, 2.24) is 4.57 Å². The van der Waals surface area contributed by atoms with Crippen molar-refractivity contribution in [2.75, 3.05) is 5.32 Å². The zero-order valence-corrected chi connectivity index (χ0v) is 22.7. The molecule has 1 atom stereocenters. The molecule has 1 N–H and O–H groups in total. The van der Waals surface area contributed by atoms with E-state index in [4.69, 9.17) is 9.41 Å². The lowest BCUT2D eigenvalue weighted by molar-refractivity contribution is 0.669. The van der Waals surface area contributed by atoms with Gasteiger partial charge in [-0.25, -0.2) is 0 Å². The molecular weight excluding hydrogens is 514 g/mol. The number of rotatable bonds is 3. The number of hydrogen-bond donors (Lipinski definition) is 1. The first kappa shape index (κ1) is 23.1. The van der Waals surface area contributed by atoms with Crippen LogP contribution in [0, 0.1) is 0 Å². The highest BCUT2D eigenvalue weighted by Gasteiger charge is 2.23. The molecule has 6 aromatic carbocycles. The SMILES string of the molecule is c1ccc(C2=NC(c3ccc(-n4c5ccccc5c5cc6oc7ccccc7c6cc54)cc3)Nc3ccccc32)cc1. The Labute approximate surface area is 242 Å². The van der Waals surface area contributed by atoms with E-state index in [9.17, 15) is 0 Å². The number of benzene rings is 6. The average molecular weight is 540 g/mol. The number of fused-ring (bicyclic) bond motifs is 7. The van der Waals surface area contributed by atoms with Gasteiger partial charge in [-0.05, 0) is 48.0 Å². The first-order valence-electron chi connectivity index (χ1n) is 14.3. The summed E-state index contributed by atoms with van der Waals surface area (Å²) in [4.78, 5) is 5.20. The Kier molecular flexibility index (Phi) is 4.93. The maximum atomic E-state index is 6.24. The number of para-hydroxylation sites is 3. The van der Waals surface area contributed by atoms with Crippen LogP contribution in [0.2, 0.25) is 0 Å². The van der Waals surface area contributed by atoms with Crippen LogP contribution < -0.4 is 5.32 Å². The second kappa shape index (κ2) is 8.95. The molecule has 1 aliphatic rings. The van der Waals surface area contributed by atoms with Gasteiger partial charge in [0.1, 0.15) is 17.3 Å². The Morgan fingerprint density at radius 3 is 2.19 bits per heavy atom. The second-order valence-corrected chi connectivity index (χ2v) is 10.8. The average Bonchev–Trinajstić information content (AvgIpc) is 3.58. The minimum Gasteiger partial charge on any atom is -0.456 e. The largest absolute Gasteiger partial charge is 0.456 e. The van der Waals surface area contributed by atoms with Gasteiger partial charge < -0.3 is 14.3 Å². The van der Waals surface area contributed by atoms with Crippen molar-refractivity contribution in [3.63, 3.8) is 0 Å². The summed E-state index contributed by atoms with van der Waals surface area (Å²) in [6.07, 6.45) is -0.181. The molecule has 0 spiro atoms. The number of anilines is 1. The standard InChI is InChI=1S/C38H25N3O/c1-2-10-24(11-3-1)37-29-14-4-7-15-32(29)39-38(40-37)25-18-20-26(21-19-25)41-33-16-8-5-12-27(33)30-23-36-31(22-34(30)41)28-13-6-9-17-35(28)42-36/h1-23,38-39H. The summed E-state index contributed by atoms with van der Waals surface area (Å²) in [6, 6.07) is 49.0. The van der Waals surface area contributed by atoms with Crippen molar-refractivity contribution in [3.05, 3.63) is 156 Å². The van der Waals surface area contributed by atoms with E-state index in [-0.39, 0.29) is 6.17 Å². The summed E-state index contributed by atoms with van der Waals surface area (Å²) in [5.74, 6) is 0. The highest BCUT2D eigenvalue weighted by Crippen LogP contribution is 2.39. The number of furan rings is 1. The molecule has 0 amide bonds. The van der Waals surface area contributed by atoms with Crippen LogP contribution in [-0.2, 0) is 0 Å². The van der Waals surface area contributed by atoms with Crippen LogP contribution in [0.4, 0.5) is 5.69 Å². The fourth-order valence-electron chi connectivity index (χ4n) is 6.45. The van der Waals surface area contributed by atoms with E-state index in [2.05, 4.69) is 131 Å². The lowest BCUT2D eigenvalue weighted by Crippen LogP contribution is -2.20. The van der Waals surface area contributed by atoms with E-state index in [0.717, 1.165) is 61.2 Å². The van der Waals surface area contributed by atoms with Crippen molar-refractivity contribution >= 4 is 55.1 Å². The van der Waals surface area contributed by atoms with E-state index in [1.54, 1.807) is 0 Å². The molecule has 9 rings (SSSR count). The number of nitrogens with zero attached hydrogens (tertiary/aromatic N) is 2. The van der Waals surface area contributed by atoms with Gasteiger partial charge >= 0.3 is 0 Å². The maximum absolute atomic E-state index is 6.24. The summed E-state index contributed by atoms with van der Waals surface area (Å²) in [5.41, 5.74) is 10.7. The van der Waals surface area contributed by atoms with Gasteiger partial charge in [0.2, 0.25) is 0 Å². The van der Waals surface area contributed by atoms with Crippen LogP contribution >= 0.6 is 0 Å². The van der Waals surface area contributed by atoms with Crippen LogP contribution in [-0.4, -0.2) is 10.3 Å². The van der Waals surface area contributed by atoms with E-state index in [0.29, 0.717) is 0 Å². The van der Waals surface area contributed by atoms with Crippen molar-refractivity contribution in [3.8, 4) is 5.69 Å². The number of aliphatic imine (C=N–C) groups is 1. The highest BCUT2D eigenvalue weighted by molar-refractivity contribution is 6.18. The Morgan fingerprint density at radius 2 is 1.31 bits per heavy atom. The van der Waals surface area contributed by atoms with Crippen LogP contribution in [0.15, 0.2) is 149 Å². The van der Waals surface area contributed by atoms with Crippen molar-refractivity contribution in [1.29, 1.82) is 0 Å². The number of hydrogen-bond acceptors (Lipinski definition) is 3. The van der Waals surface area contributed by atoms with E-state index in [1.807, 2.05) is 18.2 Å². The second-order valence-electron chi connectivity index (χ2n) is 10.8. The summed E-state index contributed by atoms with van der Waals surface area (Å²) in [5, 5.41) is 8.32. The predicted octanol–water partition coefficient (Wildman–Crippen LogP) is 9.64. The lowest BCUT2D eigenvalue weighted by atomic mass is 9.97. The molecule has 198 valence electrons. The molecular formula is C38H25N3O. The molecule has 0 fully saturated rings. The summed E-state index contributed by atoms with van der Waals surface area (Å²) < 4.78 is 8.60. The monoisotopic (exact) mass is 539 g/mol. The third-order valence-corrected chi connectivity index (χ3v) is 8.42. The number of aromatic nitrogens is 1. The molecule has 0 bridgehead atoms. The van der Waals surface area contributed by atoms with Crippen LogP contribution in [0.3, 0.4) is 0 Å². The molecule has 0 saturated heterocycles. The smallest absolute Gasteiger partial charge is 0.145 e. The van der Waals surface area contributed by atoms with Gasteiger partial charge in [0.05, 0.1) is 16.7 Å². The van der Waals surface area contributed by atoms with Gasteiger partial charge in [-0.2, -0.15) is 0 Å². The Balaban J connectivity index is 1.19. The van der Waals surface area contributed by atoms with Crippen molar-refractivity contribution < 1.29 is 4.42 Å². The van der Waals surface area contributed by atoms with Gasteiger partial charge in [0, 0.05) is 44.0 Å². The molecule has 1 aliphatic heterocycles. The molecule has 0 radical (unpaired) electrons. The fourth-order valence-corrected chi connectivity index (χ4v) is 6.45. The summed E-state index contributed by atoms with van der Waals surface area (Å²) >= 11 is 0. The van der Waals surface area contributed by atoms with Crippen LogP contribution in [0.1, 0.15) is 22.9 Å². The molecule has 0 aliphatic carbocycles. The highest BCUT2D eigenvalue weighted by atomic mass is 16.3. The fraction of sp³-hybridized carbons (Fsp3) is 0.0263. The first-order chi connectivity index (χ1) is 20.8. The van der Waals surface area contributed by atoms with Gasteiger partial charge in [0.25, 0.3) is 0 Å². The summed E-state index contributed by atoms with van der Waals surface area (Å²) in [7, 11) is 0.